The fraction of sp³-hybridized carbons (Fsp3) is 0.625. The monoisotopic (exact) mass is 264 g/mol. The topological polar surface area (TPSA) is 38.7 Å². The van der Waals surface area contributed by atoms with E-state index in [1.807, 2.05) is 18.2 Å². The van der Waals surface area contributed by atoms with E-state index in [-0.39, 0.29) is 18.8 Å². The lowest BCUT2D eigenvalue weighted by atomic mass is 10.0. The van der Waals surface area contributed by atoms with E-state index in [9.17, 15) is 5.11 Å². The van der Waals surface area contributed by atoms with Gasteiger partial charge >= 0.3 is 0 Å². The van der Waals surface area contributed by atoms with Gasteiger partial charge in [0.05, 0.1) is 12.2 Å². The molecule has 2 atom stereocenters. The van der Waals surface area contributed by atoms with Crippen LogP contribution in [0.4, 0.5) is 0 Å². The molecule has 3 nitrogen and oxygen atoms in total. The first-order chi connectivity index (χ1) is 9.23. The normalized spacial score (nSPS) is 25.6. The van der Waals surface area contributed by atoms with Crippen LogP contribution in [0.1, 0.15) is 38.7 Å². The minimum Gasteiger partial charge on any atom is -0.396 e. The molecule has 0 unspecified atom stereocenters. The van der Waals surface area contributed by atoms with Gasteiger partial charge in [-0.3, -0.25) is 0 Å². The molecule has 1 N–H and O–H groups in total. The summed E-state index contributed by atoms with van der Waals surface area (Å²) in [6, 6.07) is 10.3. The van der Waals surface area contributed by atoms with Crippen LogP contribution < -0.4 is 0 Å². The average Bonchev–Trinajstić information content (AvgIpc) is 2.79. The minimum atomic E-state index is -0.459. The number of rotatable bonds is 6. The molecule has 0 spiro atoms. The second kappa shape index (κ2) is 6.51. The van der Waals surface area contributed by atoms with Gasteiger partial charge in [0.15, 0.2) is 5.79 Å². The summed E-state index contributed by atoms with van der Waals surface area (Å²) in [6.07, 6.45) is 3.19. The number of aliphatic hydroxyl groups excluding tert-OH is 1. The SMILES string of the molecule is CCC1(CC)O[C@@H](CCO)[C@H](Cc2ccccc2)O1. The molecule has 0 amide bonds. The van der Waals surface area contributed by atoms with Crippen LogP contribution in [0.3, 0.4) is 0 Å². The number of benzene rings is 1. The molecule has 19 heavy (non-hydrogen) atoms. The smallest absolute Gasteiger partial charge is 0.168 e. The van der Waals surface area contributed by atoms with E-state index in [0.29, 0.717) is 6.42 Å². The number of hydrogen-bond acceptors (Lipinski definition) is 3. The molecule has 1 fully saturated rings. The highest BCUT2D eigenvalue weighted by Crippen LogP contribution is 2.36. The van der Waals surface area contributed by atoms with Crippen molar-refractivity contribution in [1.29, 1.82) is 0 Å². The molecule has 0 aromatic heterocycles. The summed E-state index contributed by atoms with van der Waals surface area (Å²) in [4.78, 5) is 0. The van der Waals surface area contributed by atoms with Crippen LogP contribution in [0.15, 0.2) is 30.3 Å². The Hall–Kier alpha value is -0.900. The lowest BCUT2D eigenvalue weighted by molar-refractivity contribution is -0.179. The Morgan fingerprint density at radius 1 is 1.05 bits per heavy atom. The van der Waals surface area contributed by atoms with Crippen LogP contribution in [0.5, 0.6) is 0 Å². The molecule has 1 aromatic rings. The second-order valence-corrected chi connectivity index (χ2v) is 5.13. The van der Waals surface area contributed by atoms with E-state index in [1.54, 1.807) is 0 Å². The van der Waals surface area contributed by atoms with Crippen LogP contribution in [-0.4, -0.2) is 29.7 Å². The van der Waals surface area contributed by atoms with Crippen molar-refractivity contribution in [1.82, 2.24) is 0 Å². The Balaban J connectivity index is 2.08. The van der Waals surface area contributed by atoms with Crippen molar-refractivity contribution in [3.05, 3.63) is 35.9 Å². The van der Waals surface area contributed by atoms with Crippen molar-refractivity contribution in [3.8, 4) is 0 Å². The summed E-state index contributed by atoms with van der Waals surface area (Å²) in [5, 5.41) is 9.19. The van der Waals surface area contributed by atoms with Crippen LogP contribution in [0.2, 0.25) is 0 Å². The molecule has 1 aliphatic rings. The third-order valence-electron chi connectivity index (χ3n) is 3.92. The Bertz CT molecular complexity index is 373. The van der Waals surface area contributed by atoms with E-state index < -0.39 is 5.79 Å². The van der Waals surface area contributed by atoms with Gasteiger partial charge in [0, 0.05) is 13.0 Å². The zero-order chi connectivity index (χ0) is 13.7. The summed E-state index contributed by atoms with van der Waals surface area (Å²) in [6.45, 7) is 4.32. The maximum atomic E-state index is 9.19. The third kappa shape index (κ3) is 3.35. The van der Waals surface area contributed by atoms with Crippen LogP contribution in [0, 0.1) is 0 Å². The molecular formula is C16H24O3. The van der Waals surface area contributed by atoms with Gasteiger partial charge in [-0.1, -0.05) is 44.2 Å². The van der Waals surface area contributed by atoms with Crippen molar-refractivity contribution in [2.45, 2.75) is 57.5 Å². The van der Waals surface area contributed by atoms with E-state index in [2.05, 4.69) is 26.0 Å². The van der Waals surface area contributed by atoms with Crippen molar-refractivity contribution in [2.75, 3.05) is 6.61 Å². The molecule has 1 aliphatic heterocycles. The first-order valence-electron chi connectivity index (χ1n) is 7.23. The van der Waals surface area contributed by atoms with E-state index >= 15 is 0 Å². The van der Waals surface area contributed by atoms with Crippen LogP contribution in [-0.2, 0) is 15.9 Å². The van der Waals surface area contributed by atoms with Crippen molar-refractivity contribution < 1.29 is 14.6 Å². The lowest BCUT2D eigenvalue weighted by Crippen LogP contribution is -2.29. The molecule has 0 radical (unpaired) electrons. The number of hydrogen-bond donors (Lipinski definition) is 1. The Morgan fingerprint density at radius 3 is 2.26 bits per heavy atom. The van der Waals surface area contributed by atoms with Gasteiger partial charge in [-0.15, -0.1) is 0 Å². The van der Waals surface area contributed by atoms with E-state index in [0.717, 1.165) is 19.3 Å². The molecule has 2 rings (SSSR count). The molecule has 106 valence electrons. The average molecular weight is 264 g/mol. The Morgan fingerprint density at radius 2 is 1.68 bits per heavy atom. The molecule has 0 aliphatic carbocycles. The molecule has 0 saturated carbocycles. The van der Waals surface area contributed by atoms with Crippen molar-refractivity contribution >= 4 is 0 Å². The highest BCUT2D eigenvalue weighted by atomic mass is 16.8. The molecule has 1 saturated heterocycles. The van der Waals surface area contributed by atoms with Gasteiger partial charge in [0.2, 0.25) is 0 Å². The number of aliphatic hydroxyl groups is 1. The first-order valence-corrected chi connectivity index (χ1v) is 7.23. The first kappa shape index (κ1) is 14.5. The quantitative estimate of drug-likeness (QED) is 0.858. The Labute approximate surface area is 115 Å². The molecule has 1 aromatic carbocycles. The summed E-state index contributed by atoms with van der Waals surface area (Å²) >= 11 is 0. The lowest BCUT2D eigenvalue weighted by Gasteiger charge is -2.25. The molecular weight excluding hydrogens is 240 g/mol. The fourth-order valence-corrected chi connectivity index (χ4v) is 2.71. The van der Waals surface area contributed by atoms with Crippen molar-refractivity contribution in [3.63, 3.8) is 0 Å². The summed E-state index contributed by atoms with van der Waals surface area (Å²) in [7, 11) is 0. The van der Waals surface area contributed by atoms with Crippen LogP contribution >= 0.6 is 0 Å². The zero-order valence-corrected chi connectivity index (χ0v) is 11.8. The zero-order valence-electron chi connectivity index (χ0n) is 11.8. The van der Waals surface area contributed by atoms with Crippen LogP contribution in [0.25, 0.3) is 0 Å². The Kier molecular flexibility index (Phi) is 4.97. The van der Waals surface area contributed by atoms with Gasteiger partial charge < -0.3 is 14.6 Å². The van der Waals surface area contributed by atoms with Crippen molar-refractivity contribution in [2.24, 2.45) is 0 Å². The van der Waals surface area contributed by atoms with E-state index in [1.165, 1.54) is 5.56 Å². The maximum absolute atomic E-state index is 9.19. The van der Waals surface area contributed by atoms with Gasteiger partial charge in [-0.25, -0.2) is 0 Å². The van der Waals surface area contributed by atoms with E-state index in [4.69, 9.17) is 9.47 Å². The third-order valence-corrected chi connectivity index (χ3v) is 3.92. The highest BCUT2D eigenvalue weighted by molar-refractivity contribution is 5.16. The standard InChI is InChI=1S/C16H24O3/c1-3-16(4-2)18-14(10-11-17)15(19-16)12-13-8-6-5-7-9-13/h5-9,14-15,17H,3-4,10-12H2,1-2H3/t14-,15-/m0/s1. The molecule has 1 heterocycles. The highest BCUT2D eigenvalue weighted by Gasteiger charge is 2.44. The van der Waals surface area contributed by atoms with Gasteiger partial charge in [0.1, 0.15) is 0 Å². The predicted molar refractivity (Wildman–Crippen MR) is 74.9 cm³/mol. The maximum Gasteiger partial charge on any atom is 0.168 e. The number of ether oxygens (including phenoxy) is 2. The summed E-state index contributed by atoms with van der Waals surface area (Å²) in [5.41, 5.74) is 1.25. The summed E-state index contributed by atoms with van der Waals surface area (Å²) < 4.78 is 12.3. The minimum absolute atomic E-state index is 0.00916. The summed E-state index contributed by atoms with van der Waals surface area (Å²) in [5.74, 6) is -0.459. The predicted octanol–water partition coefficient (Wildman–Crippen LogP) is 2.91. The van der Waals surface area contributed by atoms with Gasteiger partial charge in [-0.05, 0) is 24.8 Å². The molecule has 0 bridgehead atoms. The fourth-order valence-electron chi connectivity index (χ4n) is 2.71. The largest absolute Gasteiger partial charge is 0.396 e. The second-order valence-electron chi connectivity index (χ2n) is 5.13. The van der Waals surface area contributed by atoms with Gasteiger partial charge in [0.25, 0.3) is 0 Å². The molecule has 3 heteroatoms. The van der Waals surface area contributed by atoms with Gasteiger partial charge in [-0.2, -0.15) is 0 Å².